The third-order valence-corrected chi connectivity index (χ3v) is 4.06. The topological polar surface area (TPSA) is 66.0 Å². The Morgan fingerprint density at radius 2 is 1.93 bits per heavy atom. The van der Waals surface area contributed by atoms with E-state index in [0.717, 1.165) is 5.56 Å². The van der Waals surface area contributed by atoms with Gasteiger partial charge >= 0.3 is 0 Å². The number of amides is 1. The van der Waals surface area contributed by atoms with Gasteiger partial charge in [-0.1, -0.05) is 30.2 Å². The second kappa shape index (κ2) is 12.3. The van der Waals surface area contributed by atoms with Crippen molar-refractivity contribution < 1.29 is 23.7 Å². The number of nitrogens with one attached hydrogen (secondary N) is 1. The number of ether oxygens (including phenoxy) is 4. The number of benzene rings is 2. The molecule has 0 aliphatic rings. The first-order chi connectivity index (χ1) is 14.2. The van der Waals surface area contributed by atoms with E-state index in [1.54, 1.807) is 7.11 Å². The summed E-state index contributed by atoms with van der Waals surface area (Å²) in [6.07, 6.45) is 5.18. The normalized spacial score (nSPS) is 11.2. The highest BCUT2D eigenvalue weighted by molar-refractivity contribution is 5.81. The number of methoxy groups -OCH3 is 1. The van der Waals surface area contributed by atoms with E-state index in [4.69, 9.17) is 25.4 Å². The molecule has 0 aromatic heterocycles. The van der Waals surface area contributed by atoms with Gasteiger partial charge in [-0.05, 0) is 43.2 Å². The lowest BCUT2D eigenvalue weighted by Crippen LogP contribution is -2.41. The molecule has 0 heterocycles. The van der Waals surface area contributed by atoms with Crippen LogP contribution in [0.3, 0.4) is 0 Å². The average molecular weight is 397 g/mol. The summed E-state index contributed by atoms with van der Waals surface area (Å²) >= 11 is 0. The molecule has 29 heavy (non-hydrogen) atoms. The summed E-state index contributed by atoms with van der Waals surface area (Å²) in [5.74, 6) is 4.11. The third-order valence-electron chi connectivity index (χ3n) is 4.06. The van der Waals surface area contributed by atoms with E-state index in [1.807, 2.05) is 55.5 Å². The van der Waals surface area contributed by atoms with E-state index in [1.165, 1.54) is 0 Å². The smallest absolute Gasteiger partial charge is 0.252 e. The third kappa shape index (κ3) is 7.40. The molecule has 0 unspecified atom stereocenters. The van der Waals surface area contributed by atoms with Crippen molar-refractivity contribution in [2.75, 3.05) is 33.5 Å². The largest absolute Gasteiger partial charge is 0.493 e. The molecule has 1 N–H and O–H groups in total. The zero-order valence-corrected chi connectivity index (χ0v) is 16.9. The highest BCUT2D eigenvalue weighted by atomic mass is 16.5. The molecule has 0 aliphatic carbocycles. The van der Waals surface area contributed by atoms with Crippen LogP contribution in [0.1, 0.15) is 12.5 Å². The lowest BCUT2D eigenvalue weighted by Gasteiger charge is -2.17. The molecule has 0 saturated carbocycles. The summed E-state index contributed by atoms with van der Waals surface area (Å²) in [7, 11) is 1.57. The molecule has 2 aromatic rings. The Morgan fingerprint density at radius 3 is 2.62 bits per heavy atom. The highest BCUT2D eigenvalue weighted by Crippen LogP contribution is 2.28. The van der Waals surface area contributed by atoms with E-state index in [9.17, 15) is 4.79 Å². The van der Waals surface area contributed by atoms with Crippen molar-refractivity contribution in [1.82, 2.24) is 5.32 Å². The van der Waals surface area contributed by atoms with Crippen LogP contribution in [0.2, 0.25) is 0 Å². The Kier molecular flexibility index (Phi) is 9.40. The lowest BCUT2D eigenvalue weighted by molar-refractivity contribution is -0.134. The highest BCUT2D eigenvalue weighted by Gasteiger charge is 2.19. The van der Waals surface area contributed by atoms with E-state index in [0.29, 0.717) is 36.8 Å². The molecular formula is C23H27NO5. The summed E-state index contributed by atoms with van der Waals surface area (Å²) in [6.45, 7) is 3.06. The molecule has 0 saturated heterocycles. The van der Waals surface area contributed by atoms with Crippen LogP contribution in [0.5, 0.6) is 17.2 Å². The first-order valence-electron chi connectivity index (χ1n) is 9.48. The number of carbonyl (C=O) groups is 1. The summed E-state index contributed by atoms with van der Waals surface area (Å²) in [5.41, 5.74) is 1.00. The standard InChI is InChI=1S/C23H27NO5/c1-4-15-28-20-12-11-18(16-21(20)26-3)13-14-24-23(25)22(27-5-2)17-29-19-9-7-6-8-10-19/h1,6-12,16,22H,5,13-15,17H2,2-3H3,(H,24,25)/t22-/m1/s1. The number of para-hydroxylation sites is 1. The second-order valence-corrected chi connectivity index (χ2v) is 6.09. The van der Waals surface area contributed by atoms with Gasteiger partial charge in [0.15, 0.2) is 17.6 Å². The van der Waals surface area contributed by atoms with Crippen LogP contribution in [-0.2, 0) is 16.0 Å². The first kappa shape index (κ1) is 22.1. The Morgan fingerprint density at radius 1 is 1.14 bits per heavy atom. The molecule has 6 nitrogen and oxygen atoms in total. The Balaban J connectivity index is 1.85. The Labute approximate surface area is 172 Å². The molecule has 1 atom stereocenters. The van der Waals surface area contributed by atoms with E-state index in [2.05, 4.69) is 11.2 Å². The Bertz CT molecular complexity index is 801. The molecule has 2 rings (SSSR count). The fourth-order valence-electron chi connectivity index (χ4n) is 2.64. The fraction of sp³-hybridized carbons (Fsp3) is 0.348. The minimum atomic E-state index is -0.672. The van der Waals surface area contributed by atoms with Crippen molar-refractivity contribution in [3.63, 3.8) is 0 Å². The van der Waals surface area contributed by atoms with Crippen molar-refractivity contribution in [3.05, 3.63) is 54.1 Å². The molecule has 0 spiro atoms. The number of carbonyl (C=O) groups excluding carboxylic acids is 1. The molecular weight excluding hydrogens is 370 g/mol. The van der Waals surface area contributed by atoms with Crippen LogP contribution in [0.15, 0.2) is 48.5 Å². The minimum absolute atomic E-state index is 0.152. The van der Waals surface area contributed by atoms with Crippen LogP contribution in [-0.4, -0.2) is 45.5 Å². The van der Waals surface area contributed by atoms with Gasteiger partial charge in [-0.15, -0.1) is 6.42 Å². The molecule has 1 amide bonds. The number of terminal acetylenes is 1. The van der Waals surface area contributed by atoms with Gasteiger partial charge in [0.1, 0.15) is 19.0 Å². The Hall–Kier alpha value is -3.17. The van der Waals surface area contributed by atoms with E-state index in [-0.39, 0.29) is 19.1 Å². The lowest BCUT2D eigenvalue weighted by atomic mass is 10.1. The van der Waals surface area contributed by atoms with Gasteiger partial charge in [0.2, 0.25) is 0 Å². The molecule has 6 heteroatoms. The van der Waals surface area contributed by atoms with Gasteiger partial charge in [0.25, 0.3) is 5.91 Å². The van der Waals surface area contributed by atoms with E-state index < -0.39 is 6.10 Å². The van der Waals surface area contributed by atoms with Gasteiger partial charge in [-0.2, -0.15) is 0 Å². The van der Waals surface area contributed by atoms with Crippen LogP contribution in [0, 0.1) is 12.3 Å². The molecule has 0 radical (unpaired) electrons. The second-order valence-electron chi connectivity index (χ2n) is 6.09. The van der Waals surface area contributed by atoms with Crippen LogP contribution in [0.25, 0.3) is 0 Å². The van der Waals surface area contributed by atoms with Crippen molar-refractivity contribution in [2.24, 2.45) is 0 Å². The predicted octanol–water partition coefficient (Wildman–Crippen LogP) is 2.85. The van der Waals surface area contributed by atoms with E-state index >= 15 is 0 Å². The summed E-state index contributed by atoms with van der Waals surface area (Å²) in [5, 5.41) is 2.90. The number of hydrogen-bond acceptors (Lipinski definition) is 5. The van der Waals surface area contributed by atoms with Crippen molar-refractivity contribution >= 4 is 5.91 Å². The van der Waals surface area contributed by atoms with Gasteiger partial charge < -0.3 is 24.3 Å². The summed E-state index contributed by atoms with van der Waals surface area (Å²) < 4.78 is 22.0. The molecule has 0 bridgehead atoms. The molecule has 0 fully saturated rings. The quantitative estimate of drug-likeness (QED) is 0.558. The van der Waals surface area contributed by atoms with Crippen molar-refractivity contribution in [1.29, 1.82) is 0 Å². The SMILES string of the molecule is C#CCOc1ccc(CCNC(=O)[C@@H](COc2ccccc2)OCC)cc1OC. The molecule has 2 aromatic carbocycles. The zero-order valence-electron chi connectivity index (χ0n) is 16.9. The summed E-state index contributed by atoms with van der Waals surface area (Å²) in [6, 6.07) is 14.9. The predicted molar refractivity (Wildman–Crippen MR) is 111 cm³/mol. The van der Waals surface area contributed by atoms with Crippen LogP contribution < -0.4 is 19.5 Å². The average Bonchev–Trinajstić information content (AvgIpc) is 2.76. The molecule has 154 valence electrons. The number of hydrogen-bond donors (Lipinski definition) is 1. The van der Waals surface area contributed by atoms with Crippen LogP contribution >= 0.6 is 0 Å². The van der Waals surface area contributed by atoms with Gasteiger partial charge in [0.05, 0.1) is 7.11 Å². The summed E-state index contributed by atoms with van der Waals surface area (Å²) in [4.78, 5) is 12.5. The van der Waals surface area contributed by atoms with Crippen molar-refractivity contribution in [2.45, 2.75) is 19.4 Å². The monoisotopic (exact) mass is 397 g/mol. The maximum Gasteiger partial charge on any atom is 0.252 e. The van der Waals surface area contributed by atoms with Gasteiger partial charge in [0, 0.05) is 13.2 Å². The fourth-order valence-corrected chi connectivity index (χ4v) is 2.64. The number of rotatable bonds is 12. The van der Waals surface area contributed by atoms with Gasteiger partial charge in [-0.3, -0.25) is 4.79 Å². The van der Waals surface area contributed by atoms with Crippen LogP contribution in [0.4, 0.5) is 0 Å². The minimum Gasteiger partial charge on any atom is -0.493 e. The maximum absolute atomic E-state index is 12.5. The maximum atomic E-state index is 12.5. The molecule has 0 aliphatic heterocycles. The van der Waals surface area contributed by atoms with Crippen molar-refractivity contribution in [3.8, 4) is 29.6 Å². The van der Waals surface area contributed by atoms with Gasteiger partial charge in [-0.25, -0.2) is 0 Å². The zero-order chi connectivity index (χ0) is 20.9. The first-order valence-corrected chi connectivity index (χ1v) is 9.48.